The standard InChI is InChI=1S/C18H17Cl3N2O4/c1-26-16-5-3-2-4-14(16)22-7-6-18(25)27-10-17(24)23-15-9-12(20)11(19)8-13(15)21/h2-5,8-9,22H,6-7,10H2,1H3,(H,23,24). The highest BCUT2D eigenvalue weighted by molar-refractivity contribution is 6.44. The maximum Gasteiger partial charge on any atom is 0.308 e. The summed E-state index contributed by atoms with van der Waals surface area (Å²) >= 11 is 17.7. The van der Waals surface area contributed by atoms with E-state index in [4.69, 9.17) is 44.3 Å². The lowest BCUT2D eigenvalue weighted by Gasteiger charge is -2.11. The van der Waals surface area contributed by atoms with E-state index in [2.05, 4.69) is 10.6 Å². The van der Waals surface area contributed by atoms with Gasteiger partial charge in [0.1, 0.15) is 5.75 Å². The Morgan fingerprint density at radius 2 is 1.70 bits per heavy atom. The van der Waals surface area contributed by atoms with Crippen LogP contribution >= 0.6 is 34.8 Å². The molecule has 0 saturated heterocycles. The van der Waals surface area contributed by atoms with E-state index in [0.29, 0.717) is 12.3 Å². The van der Waals surface area contributed by atoms with Gasteiger partial charge >= 0.3 is 5.97 Å². The predicted molar refractivity (Wildman–Crippen MR) is 107 cm³/mol. The lowest BCUT2D eigenvalue weighted by molar-refractivity contribution is -0.147. The van der Waals surface area contributed by atoms with Gasteiger partial charge in [-0.25, -0.2) is 0 Å². The fourth-order valence-electron chi connectivity index (χ4n) is 2.11. The zero-order valence-electron chi connectivity index (χ0n) is 14.4. The van der Waals surface area contributed by atoms with Crippen LogP contribution in [0.15, 0.2) is 36.4 Å². The van der Waals surface area contributed by atoms with Gasteiger partial charge in [0.25, 0.3) is 5.91 Å². The number of esters is 1. The van der Waals surface area contributed by atoms with Crippen LogP contribution in [0.3, 0.4) is 0 Å². The molecule has 0 aliphatic heterocycles. The Hall–Kier alpha value is -2.15. The Morgan fingerprint density at radius 3 is 2.44 bits per heavy atom. The first-order valence-electron chi connectivity index (χ1n) is 7.87. The van der Waals surface area contributed by atoms with Crippen LogP contribution in [0, 0.1) is 0 Å². The third-order valence-corrected chi connectivity index (χ3v) is 4.43. The van der Waals surface area contributed by atoms with Crippen LogP contribution in [0.4, 0.5) is 11.4 Å². The van der Waals surface area contributed by atoms with Crippen molar-refractivity contribution in [3.63, 3.8) is 0 Å². The summed E-state index contributed by atoms with van der Waals surface area (Å²) in [5.74, 6) is -0.391. The average molecular weight is 432 g/mol. The molecule has 0 aliphatic rings. The van der Waals surface area contributed by atoms with E-state index < -0.39 is 18.5 Å². The molecule has 1 amide bonds. The van der Waals surface area contributed by atoms with Crippen molar-refractivity contribution < 1.29 is 19.1 Å². The molecule has 0 saturated carbocycles. The molecule has 0 bridgehead atoms. The fraction of sp³-hybridized carbons (Fsp3) is 0.222. The van der Waals surface area contributed by atoms with E-state index >= 15 is 0 Å². The normalized spacial score (nSPS) is 10.2. The molecule has 2 aromatic rings. The highest BCUT2D eigenvalue weighted by atomic mass is 35.5. The minimum absolute atomic E-state index is 0.0822. The molecule has 9 heteroatoms. The topological polar surface area (TPSA) is 76.7 Å². The molecule has 0 aliphatic carbocycles. The summed E-state index contributed by atoms with van der Waals surface area (Å²) < 4.78 is 10.1. The van der Waals surface area contributed by atoms with Crippen LogP contribution in [0.1, 0.15) is 6.42 Å². The summed E-state index contributed by atoms with van der Waals surface area (Å²) in [6.07, 6.45) is 0.0822. The number of amides is 1. The zero-order valence-corrected chi connectivity index (χ0v) is 16.6. The number of ether oxygens (including phenoxy) is 2. The van der Waals surface area contributed by atoms with Gasteiger partial charge in [0, 0.05) is 6.54 Å². The molecule has 6 nitrogen and oxygen atoms in total. The molecule has 2 aromatic carbocycles. The molecule has 0 aromatic heterocycles. The van der Waals surface area contributed by atoms with Gasteiger partial charge in [0.15, 0.2) is 6.61 Å². The molecule has 2 rings (SSSR count). The van der Waals surface area contributed by atoms with Crippen molar-refractivity contribution in [3.05, 3.63) is 51.5 Å². The number of hydrogen-bond donors (Lipinski definition) is 2. The van der Waals surface area contributed by atoms with E-state index in [1.807, 2.05) is 18.2 Å². The number of benzene rings is 2. The quantitative estimate of drug-likeness (QED) is 0.470. The highest BCUT2D eigenvalue weighted by Gasteiger charge is 2.12. The molecule has 0 atom stereocenters. The van der Waals surface area contributed by atoms with E-state index in [9.17, 15) is 9.59 Å². The predicted octanol–water partition coefficient (Wildman–Crippen LogP) is 4.64. The number of methoxy groups -OCH3 is 1. The Kier molecular flexibility index (Phi) is 8.03. The zero-order chi connectivity index (χ0) is 19.8. The molecule has 0 fully saturated rings. The maximum absolute atomic E-state index is 11.9. The van der Waals surface area contributed by atoms with Crippen LogP contribution in [-0.2, 0) is 14.3 Å². The first-order valence-corrected chi connectivity index (χ1v) is 9.01. The van der Waals surface area contributed by atoms with Gasteiger partial charge in [0.05, 0.1) is 40.0 Å². The van der Waals surface area contributed by atoms with E-state index in [1.54, 1.807) is 13.2 Å². The number of anilines is 2. The van der Waals surface area contributed by atoms with Crippen LogP contribution in [-0.4, -0.2) is 32.1 Å². The van der Waals surface area contributed by atoms with Crippen LogP contribution in [0.2, 0.25) is 15.1 Å². The third kappa shape index (κ3) is 6.50. The minimum atomic E-state index is -0.540. The van der Waals surface area contributed by atoms with Crippen molar-refractivity contribution in [2.24, 2.45) is 0 Å². The number of carbonyl (C=O) groups excluding carboxylic acids is 2. The molecule has 0 spiro atoms. The van der Waals surface area contributed by atoms with Crippen LogP contribution in [0.25, 0.3) is 0 Å². The highest BCUT2D eigenvalue weighted by Crippen LogP contribution is 2.32. The van der Waals surface area contributed by atoms with Crippen molar-refractivity contribution >= 4 is 58.1 Å². The lowest BCUT2D eigenvalue weighted by atomic mass is 10.3. The smallest absolute Gasteiger partial charge is 0.308 e. The van der Waals surface area contributed by atoms with Crippen molar-refractivity contribution in [3.8, 4) is 5.75 Å². The van der Waals surface area contributed by atoms with Gasteiger partial charge < -0.3 is 20.1 Å². The summed E-state index contributed by atoms with van der Waals surface area (Å²) in [4.78, 5) is 23.7. The molecule has 27 heavy (non-hydrogen) atoms. The molecule has 144 valence electrons. The summed E-state index contributed by atoms with van der Waals surface area (Å²) in [6, 6.07) is 10.2. The number of hydrogen-bond acceptors (Lipinski definition) is 5. The van der Waals surface area contributed by atoms with E-state index in [0.717, 1.165) is 5.69 Å². The van der Waals surface area contributed by atoms with Gasteiger partial charge in [0.2, 0.25) is 0 Å². The second kappa shape index (κ2) is 10.3. The van der Waals surface area contributed by atoms with Gasteiger partial charge in [-0.1, -0.05) is 46.9 Å². The Morgan fingerprint density at radius 1 is 1.00 bits per heavy atom. The molecule has 0 radical (unpaired) electrons. The summed E-state index contributed by atoms with van der Waals surface area (Å²) in [5.41, 5.74) is 1.05. The van der Waals surface area contributed by atoms with Crippen LogP contribution in [0.5, 0.6) is 5.75 Å². The monoisotopic (exact) mass is 430 g/mol. The molecule has 2 N–H and O–H groups in total. The van der Waals surface area contributed by atoms with Crippen LogP contribution < -0.4 is 15.4 Å². The molecule has 0 heterocycles. The van der Waals surface area contributed by atoms with E-state index in [-0.39, 0.29) is 27.2 Å². The summed E-state index contributed by atoms with van der Waals surface area (Å²) in [7, 11) is 1.56. The van der Waals surface area contributed by atoms with Gasteiger partial charge in [-0.05, 0) is 24.3 Å². The molecular formula is C18H17Cl3N2O4. The fourth-order valence-corrected chi connectivity index (χ4v) is 2.71. The molecule has 0 unspecified atom stereocenters. The first-order chi connectivity index (χ1) is 12.9. The average Bonchev–Trinajstić information content (AvgIpc) is 2.65. The first kappa shape index (κ1) is 21.2. The number of nitrogens with one attached hydrogen (secondary N) is 2. The number of rotatable bonds is 8. The lowest BCUT2D eigenvalue weighted by Crippen LogP contribution is -2.22. The summed E-state index contributed by atoms with van der Waals surface area (Å²) in [6.45, 7) is -0.108. The summed E-state index contributed by atoms with van der Waals surface area (Å²) in [5, 5.41) is 6.32. The van der Waals surface area contributed by atoms with Gasteiger partial charge in [-0.2, -0.15) is 0 Å². The number of carbonyl (C=O) groups is 2. The Balaban J connectivity index is 1.75. The minimum Gasteiger partial charge on any atom is -0.495 e. The Labute approximate surface area is 171 Å². The van der Waals surface area contributed by atoms with Crippen molar-refractivity contribution in [2.75, 3.05) is 30.9 Å². The second-order valence-corrected chi connectivity index (χ2v) is 6.55. The van der Waals surface area contributed by atoms with Crippen molar-refractivity contribution in [1.29, 1.82) is 0 Å². The third-order valence-electron chi connectivity index (χ3n) is 3.40. The van der Waals surface area contributed by atoms with Crippen molar-refractivity contribution in [1.82, 2.24) is 0 Å². The van der Waals surface area contributed by atoms with Gasteiger partial charge in [-0.3, -0.25) is 9.59 Å². The number of halogens is 3. The molecular weight excluding hydrogens is 415 g/mol. The Bertz CT molecular complexity index is 830. The van der Waals surface area contributed by atoms with E-state index in [1.165, 1.54) is 12.1 Å². The number of para-hydroxylation sites is 2. The van der Waals surface area contributed by atoms with Crippen molar-refractivity contribution in [2.45, 2.75) is 6.42 Å². The SMILES string of the molecule is COc1ccccc1NCCC(=O)OCC(=O)Nc1cc(Cl)c(Cl)cc1Cl. The maximum atomic E-state index is 11.9. The second-order valence-electron chi connectivity index (χ2n) is 5.33. The van der Waals surface area contributed by atoms with Gasteiger partial charge in [-0.15, -0.1) is 0 Å². The largest absolute Gasteiger partial charge is 0.495 e.